The summed E-state index contributed by atoms with van der Waals surface area (Å²) in [5, 5.41) is 0.595. The molecule has 0 aliphatic carbocycles. The largest absolute Gasteiger partial charge is 0.343 e. The lowest BCUT2D eigenvalue weighted by Gasteiger charge is -2.27. The van der Waals surface area contributed by atoms with Crippen molar-refractivity contribution in [3.63, 3.8) is 0 Å². The van der Waals surface area contributed by atoms with Crippen molar-refractivity contribution in [2.75, 3.05) is 16.7 Å². The van der Waals surface area contributed by atoms with Crippen LogP contribution in [0.2, 0.25) is 5.02 Å². The fourth-order valence-corrected chi connectivity index (χ4v) is 4.48. The maximum absolute atomic E-state index is 11.7. The van der Waals surface area contributed by atoms with Crippen LogP contribution in [0.3, 0.4) is 0 Å². The van der Waals surface area contributed by atoms with Crippen molar-refractivity contribution < 1.29 is 0 Å². The molecule has 2 aromatic carbocycles. The van der Waals surface area contributed by atoms with Gasteiger partial charge in [0.05, 0.1) is 11.4 Å². The van der Waals surface area contributed by atoms with Crippen LogP contribution in [0.15, 0.2) is 71.4 Å². The average molecular weight is 480 g/mol. The molecule has 1 aromatic heterocycles. The number of rotatable bonds is 7. The van der Waals surface area contributed by atoms with Crippen molar-refractivity contribution in [2.45, 2.75) is 38.0 Å². The number of nitrogens with one attached hydrogen (secondary N) is 2. The Kier molecular flexibility index (Phi) is 7.45. The number of hydrogen-bond acceptors (Lipinski definition) is 4. The molecule has 0 bridgehead atoms. The summed E-state index contributed by atoms with van der Waals surface area (Å²) in [5.74, 6) is 0. The Hall–Kier alpha value is -2.89. The molecule has 3 aromatic rings. The first-order chi connectivity index (χ1) is 15.5. The Morgan fingerprint density at radius 1 is 1.12 bits per heavy atom. The minimum Gasteiger partial charge on any atom is -0.343 e. The van der Waals surface area contributed by atoms with Gasteiger partial charge in [-0.05, 0) is 60.2 Å². The fourth-order valence-electron chi connectivity index (χ4n) is 3.57. The number of pyridine rings is 1. The number of hydrogen-bond donors (Lipinski definition) is 2. The van der Waals surface area contributed by atoms with E-state index >= 15 is 0 Å². The molecule has 0 fully saturated rings. The Morgan fingerprint density at radius 3 is 2.36 bits per heavy atom. The molecule has 4 nitrogen and oxygen atoms in total. The molecule has 6 heteroatoms. The van der Waals surface area contributed by atoms with Crippen molar-refractivity contribution >= 4 is 46.7 Å². The molecule has 0 spiro atoms. The van der Waals surface area contributed by atoms with Crippen LogP contribution >= 0.6 is 23.5 Å². The second kappa shape index (κ2) is 9.94. The first kappa shape index (κ1) is 24.7. The van der Waals surface area contributed by atoms with Crippen molar-refractivity contribution in [2.24, 2.45) is 0 Å². The topological polar surface area (TPSA) is 48.1 Å². The van der Waals surface area contributed by atoms with Crippen LogP contribution in [0, 0.1) is 6.92 Å². The lowest BCUT2D eigenvalue weighted by Crippen LogP contribution is -2.19. The number of anilines is 2. The third-order valence-electron chi connectivity index (χ3n) is 5.54. The fraction of sp³-hybridized carbons (Fsp3) is 0.222. The van der Waals surface area contributed by atoms with Crippen LogP contribution in [-0.4, -0.2) is 12.0 Å². The second-order valence-corrected chi connectivity index (χ2v) is 10.2. The van der Waals surface area contributed by atoms with E-state index in [4.69, 9.17) is 11.6 Å². The van der Waals surface area contributed by atoms with E-state index in [-0.39, 0.29) is 11.0 Å². The highest BCUT2D eigenvalue weighted by Crippen LogP contribution is 2.38. The molecule has 0 atom stereocenters. The zero-order valence-corrected chi connectivity index (χ0v) is 21.3. The number of halogens is 1. The molecule has 0 amide bonds. The van der Waals surface area contributed by atoms with Crippen LogP contribution < -0.4 is 15.2 Å². The van der Waals surface area contributed by atoms with Crippen LogP contribution in [-0.2, 0) is 5.41 Å². The van der Waals surface area contributed by atoms with E-state index in [0.717, 1.165) is 38.8 Å². The van der Waals surface area contributed by atoms with Gasteiger partial charge < -0.3 is 14.6 Å². The highest BCUT2D eigenvalue weighted by Gasteiger charge is 2.19. The van der Waals surface area contributed by atoms with Gasteiger partial charge in [-0.3, -0.25) is 4.79 Å². The molecule has 0 saturated carbocycles. The van der Waals surface area contributed by atoms with Crippen molar-refractivity contribution in [3.05, 3.63) is 99.4 Å². The predicted molar refractivity (Wildman–Crippen MR) is 145 cm³/mol. The predicted octanol–water partition coefficient (Wildman–Crippen LogP) is 7.50. The standard InChI is InChI=1S/C27H30ClN3OS/c1-8-21-22(28)13-14-23(30-33-20-11-9-19(10-12-20)27(4,5)6)26(21)18(3)31(7)24-15-16-25(32)29-17(24)2/h8-16,30H,1,3H2,2,4-7H3,(H,29,32). The van der Waals surface area contributed by atoms with E-state index in [1.165, 1.54) is 23.6 Å². The SMILES string of the molecule is C=Cc1c(Cl)ccc(NSc2ccc(C(C)(C)C)cc2)c1C(=C)N(C)c1ccc(=O)[nH]c1C. The van der Waals surface area contributed by atoms with Crippen molar-refractivity contribution in [3.8, 4) is 0 Å². The number of H-pyrrole nitrogens is 1. The van der Waals surface area contributed by atoms with Gasteiger partial charge in [0, 0.05) is 45.6 Å². The summed E-state index contributed by atoms with van der Waals surface area (Å²) in [6, 6.07) is 15.7. The minimum absolute atomic E-state index is 0.112. The molecule has 0 unspecified atom stereocenters. The Labute approximate surface area is 205 Å². The van der Waals surface area contributed by atoms with Crippen molar-refractivity contribution in [1.82, 2.24) is 4.98 Å². The third kappa shape index (κ3) is 5.55. The molecule has 0 aliphatic heterocycles. The molecule has 0 radical (unpaired) electrons. The smallest absolute Gasteiger partial charge is 0.248 e. The number of aromatic nitrogens is 1. The van der Waals surface area contributed by atoms with E-state index in [1.54, 1.807) is 12.1 Å². The van der Waals surface area contributed by atoms with Crippen LogP contribution in [0.1, 0.15) is 43.2 Å². The Balaban J connectivity index is 1.94. The van der Waals surface area contributed by atoms with Crippen LogP contribution in [0.5, 0.6) is 0 Å². The van der Waals surface area contributed by atoms with E-state index in [2.05, 4.69) is 67.9 Å². The molecular weight excluding hydrogens is 450 g/mol. The van der Waals surface area contributed by atoms with Gasteiger partial charge >= 0.3 is 0 Å². The third-order valence-corrected chi connectivity index (χ3v) is 6.70. The van der Waals surface area contributed by atoms with Crippen molar-refractivity contribution in [1.29, 1.82) is 0 Å². The summed E-state index contributed by atoms with van der Waals surface area (Å²) < 4.78 is 3.47. The normalized spacial score (nSPS) is 11.2. The zero-order chi connectivity index (χ0) is 24.3. The molecular formula is C27H30ClN3OS. The van der Waals surface area contributed by atoms with Gasteiger partial charge in [0.25, 0.3) is 0 Å². The van der Waals surface area contributed by atoms with Crippen LogP contribution in [0.25, 0.3) is 11.8 Å². The van der Waals surface area contributed by atoms with Gasteiger partial charge in [0.2, 0.25) is 5.56 Å². The number of nitrogens with zero attached hydrogens (tertiary/aromatic N) is 1. The number of benzene rings is 2. The second-order valence-electron chi connectivity index (χ2n) is 8.90. The van der Waals surface area contributed by atoms with Crippen LogP contribution in [0.4, 0.5) is 11.4 Å². The summed E-state index contributed by atoms with van der Waals surface area (Å²) >= 11 is 8.04. The highest BCUT2D eigenvalue weighted by molar-refractivity contribution is 8.00. The maximum Gasteiger partial charge on any atom is 0.248 e. The van der Waals surface area contributed by atoms with Gasteiger partial charge in [-0.1, -0.05) is 63.7 Å². The summed E-state index contributed by atoms with van der Waals surface area (Å²) in [5.41, 5.74) is 6.13. The van der Waals surface area contributed by atoms with E-state index in [9.17, 15) is 4.79 Å². The molecule has 0 saturated heterocycles. The molecule has 3 rings (SSSR count). The first-order valence-electron chi connectivity index (χ1n) is 10.6. The quantitative estimate of drug-likeness (QED) is 0.344. The van der Waals surface area contributed by atoms with E-state index in [1.807, 2.05) is 31.0 Å². The summed E-state index contributed by atoms with van der Waals surface area (Å²) in [4.78, 5) is 17.5. The summed E-state index contributed by atoms with van der Waals surface area (Å²) in [7, 11) is 1.92. The number of aryl methyl sites for hydroxylation is 1. The Bertz CT molecular complexity index is 1240. The molecule has 172 valence electrons. The highest BCUT2D eigenvalue weighted by atomic mass is 35.5. The average Bonchev–Trinajstić information content (AvgIpc) is 2.76. The first-order valence-corrected chi connectivity index (χ1v) is 11.8. The van der Waals surface area contributed by atoms with E-state index < -0.39 is 0 Å². The monoisotopic (exact) mass is 479 g/mol. The zero-order valence-electron chi connectivity index (χ0n) is 19.8. The summed E-state index contributed by atoms with van der Waals surface area (Å²) in [6.45, 7) is 16.8. The summed E-state index contributed by atoms with van der Waals surface area (Å²) in [6.07, 6.45) is 1.74. The number of aromatic amines is 1. The van der Waals surface area contributed by atoms with Gasteiger partial charge in [-0.25, -0.2) is 0 Å². The molecule has 1 heterocycles. The van der Waals surface area contributed by atoms with Gasteiger partial charge in [0.15, 0.2) is 0 Å². The van der Waals surface area contributed by atoms with Gasteiger partial charge in [-0.15, -0.1) is 0 Å². The lowest BCUT2D eigenvalue weighted by atomic mass is 9.87. The van der Waals surface area contributed by atoms with E-state index in [0.29, 0.717) is 5.02 Å². The molecule has 33 heavy (non-hydrogen) atoms. The van der Waals surface area contributed by atoms with Gasteiger partial charge in [-0.2, -0.15) is 0 Å². The van der Waals surface area contributed by atoms with Gasteiger partial charge in [0.1, 0.15) is 0 Å². The molecule has 2 N–H and O–H groups in total. The minimum atomic E-state index is -0.138. The lowest BCUT2D eigenvalue weighted by molar-refractivity contribution is 0.590. The molecule has 0 aliphatic rings. The maximum atomic E-state index is 11.7. The Morgan fingerprint density at radius 2 is 1.79 bits per heavy atom.